The highest BCUT2D eigenvalue weighted by molar-refractivity contribution is 7.92. The predicted molar refractivity (Wildman–Crippen MR) is 99.0 cm³/mol. The van der Waals surface area contributed by atoms with E-state index in [-0.39, 0.29) is 22.7 Å². The Bertz CT molecular complexity index is 1010. The van der Waals surface area contributed by atoms with Crippen LogP contribution >= 0.6 is 23.2 Å². The average Bonchev–Trinajstić information content (AvgIpc) is 2.57. The first-order chi connectivity index (χ1) is 12.8. The maximum Gasteiger partial charge on any atom is 0.426 e. The van der Waals surface area contributed by atoms with Crippen molar-refractivity contribution in [2.75, 3.05) is 10.0 Å². The van der Waals surface area contributed by atoms with Crippen LogP contribution in [0.4, 0.5) is 24.5 Å². The molecule has 2 aromatic carbocycles. The zero-order valence-electron chi connectivity index (χ0n) is 14.0. The first kappa shape index (κ1) is 22.3. The molecule has 0 aliphatic heterocycles. The lowest BCUT2D eigenvalue weighted by Crippen LogP contribution is -2.52. The number of hydrogen-bond acceptors (Lipinski definition) is 4. The van der Waals surface area contributed by atoms with Gasteiger partial charge in [0.25, 0.3) is 15.9 Å². The number of sulfonamides is 1. The second kappa shape index (κ2) is 7.78. The molecule has 0 saturated heterocycles. The number of benzene rings is 2. The molecular weight excluding hydrogens is 444 g/mol. The highest BCUT2D eigenvalue weighted by Crippen LogP contribution is 2.33. The maximum atomic E-state index is 12.8. The Labute approximate surface area is 168 Å². The smallest absolute Gasteiger partial charge is 0.373 e. The maximum absolute atomic E-state index is 12.8. The van der Waals surface area contributed by atoms with Gasteiger partial charge in [0.1, 0.15) is 0 Å². The van der Waals surface area contributed by atoms with Crippen LogP contribution in [0.15, 0.2) is 47.4 Å². The minimum atomic E-state index is -5.25. The molecule has 12 heteroatoms. The molecule has 1 amide bonds. The molecule has 0 saturated carbocycles. The summed E-state index contributed by atoms with van der Waals surface area (Å²) in [5.74, 6) is -1.82. The Morgan fingerprint density at radius 3 is 2.18 bits per heavy atom. The van der Waals surface area contributed by atoms with Gasteiger partial charge in [-0.05, 0) is 37.3 Å². The molecule has 0 radical (unpaired) electrons. The van der Waals surface area contributed by atoms with Crippen molar-refractivity contribution in [1.82, 2.24) is 0 Å². The molecule has 2 aromatic rings. The molecular formula is C16H13Cl2F3N2O4S. The van der Waals surface area contributed by atoms with Crippen molar-refractivity contribution in [3.05, 3.63) is 52.5 Å². The largest absolute Gasteiger partial charge is 0.426 e. The fraction of sp³-hybridized carbons (Fsp3) is 0.188. The molecule has 3 N–H and O–H groups in total. The second-order valence-electron chi connectivity index (χ2n) is 5.75. The molecule has 1 atom stereocenters. The van der Waals surface area contributed by atoms with Gasteiger partial charge in [0.05, 0.1) is 26.3 Å². The van der Waals surface area contributed by atoms with Gasteiger partial charge in [-0.2, -0.15) is 13.2 Å². The summed E-state index contributed by atoms with van der Waals surface area (Å²) in [6, 6.07) is 8.98. The molecule has 0 bridgehead atoms. The number of alkyl halides is 3. The molecule has 0 aliphatic rings. The Morgan fingerprint density at radius 1 is 1.04 bits per heavy atom. The lowest BCUT2D eigenvalue weighted by molar-refractivity contribution is -0.242. The van der Waals surface area contributed by atoms with Gasteiger partial charge in [-0.25, -0.2) is 8.42 Å². The molecule has 0 heterocycles. The van der Waals surface area contributed by atoms with Crippen molar-refractivity contribution in [2.24, 2.45) is 0 Å². The van der Waals surface area contributed by atoms with Crippen LogP contribution in [0.5, 0.6) is 0 Å². The Balaban J connectivity index is 2.35. The van der Waals surface area contributed by atoms with Crippen molar-refractivity contribution in [3.8, 4) is 0 Å². The van der Waals surface area contributed by atoms with E-state index in [4.69, 9.17) is 23.2 Å². The summed E-state index contributed by atoms with van der Waals surface area (Å²) in [7, 11) is -4.20. The van der Waals surface area contributed by atoms with Crippen molar-refractivity contribution in [3.63, 3.8) is 0 Å². The molecule has 0 aromatic heterocycles. The van der Waals surface area contributed by atoms with Gasteiger partial charge < -0.3 is 10.4 Å². The van der Waals surface area contributed by atoms with Crippen LogP contribution in [0.25, 0.3) is 0 Å². The van der Waals surface area contributed by atoms with E-state index in [9.17, 15) is 31.5 Å². The summed E-state index contributed by atoms with van der Waals surface area (Å²) in [6.07, 6.45) is -5.25. The standard InChI is InChI=1S/C16H13Cl2F3N2O4S/c1-15(25,16(19,20)21)14(24)22-13-8-9(6-7-11(13)18)28(26,27)23-12-5-3-2-4-10(12)17/h2-8,23,25H,1H3,(H,22,24). The van der Waals surface area contributed by atoms with Crippen molar-refractivity contribution in [2.45, 2.75) is 23.6 Å². The third-order valence-electron chi connectivity index (χ3n) is 3.61. The van der Waals surface area contributed by atoms with Gasteiger partial charge in [0, 0.05) is 0 Å². The van der Waals surface area contributed by atoms with Crippen LogP contribution in [0.3, 0.4) is 0 Å². The van der Waals surface area contributed by atoms with E-state index in [1.807, 2.05) is 0 Å². The van der Waals surface area contributed by atoms with Crippen molar-refractivity contribution >= 4 is 50.5 Å². The highest BCUT2D eigenvalue weighted by Gasteiger charge is 2.55. The topological polar surface area (TPSA) is 95.5 Å². The van der Waals surface area contributed by atoms with E-state index in [1.165, 1.54) is 18.2 Å². The van der Waals surface area contributed by atoms with E-state index < -0.39 is 38.3 Å². The van der Waals surface area contributed by atoms with Crippen LogP contribution < -0.4 is 10.0 Å². The third kappa shape index (κ3) is 4.69. The number of hydrogen-bond donors (Lipinski definition) is 3. The number of halogens is 5. The number of aliphatic hydroxyl groups is 1. The van der Waals surface area contributed by atoms with E-state index in [0.29, 0.717) is 0 Å². The average molecular weight is 457 g/mol. The van der Waals surface area contributed by atoms with E-state index >= 15 is 0 Å². The molecule has 6 nitrogen and oxygen atoms in total. The quantitative estimate of drug-likeness (QED) is 0.632. The zero-order valence-corrected chi connectivity index (χ0v) is 16.3. The number of para-hydroxylation sites is 1. The summed E-state index contributed by atoms with van der Waals surface area (Å²) in [5, 5.41) is 11.1. The van der Waals surface area contributed by atoms with Gasteiger partial charge in [-0.15, -0.1) is 0 Å². The normalized spacial score (nSPS) is 14.2. The lowest BCUT2D eigenvalue weighted by atomic mass is 10.1. The van der Waals surface area contributed by atoms with Crippen molar-refractivity contribution < 1.29 is 31.5 Å². The van der Waals surface area contributed by atoms with Crippen LogP contribution in [0, 0.1) is 0 Å². The predicted octanol–water partition coefficient (Wildman–Crippen LogP) is 4.05. The molecule has 0 aliphatic carbocycles. The number of carbonyl (C=O) groups is 1. The van der Waals surface area contributed by atoms with Crippen LogP contribution in [-0.2, 0) is 14.8 Å². The third-order valence-corrected chi connectivity index (χ3v) is 5.63. The minimum Gasteiger partial charge on any atom is -0.373 e. The first-order valence-corrected chi connectivity index (χ1v) is 9.67. The number of nitrogens with one attached hydrogen (secondary N) is 2. The molecule has 1 unspecified atom stereocenters. The fourth-order valence-corrected chi connectivity index (χ4v) is 3.40. The number of carbonyl (C=O) groups excluding carboxylic acids is 1. The van der Waals surface area contributed by atoms with Crippen LogP contribution in [0.1, 0.15) is 6.92 Å². The molecule has 152 valence electrons. The number of rotatable bonds is 5. The highest BCUT2D eigenvalue weighted by atomic mass is 35.5. The van der Waals surface area contributed by atoms with Gasteiger partial charge >= 0.3 is 6.18 Å². The Hall–Kier alpha value is -2.01. The van der Waals surface area contributed by atoms with E-state index in [0.717, 1.165) is 18.2 Å². The molecule has 28 heavy (non-hydrogen) atoms. The summed E-state index contributed by atoms with van der Waals surface area (Å²) in [4.78, 5) is 11.4. The number of amides is 1. The molecule has 0 spiro atoms. The lowest BCUT2D eigenvalue weighted by Gasteiger charge is -2.25. The SMILES string of the molecule is CC(O)(C(=O)Nc1cc(S(=O)(=O)Nc2ccccc2Cl)ccc1Cl)C(F)(F)F. The van der Waals surface area contributed by atoms with E-state index in [1.54, 1.807) is 11.4 Å². The summed E-state index contributed by atoms with van der Waals surface area (Å²) < 4.78 is 65.5. The fourth-order valence-electron chi connectivity index (χ4n) is 1.89. The Morgan fingerprint density at radius 2 is 1.61 bits per heavy atom. The van der Waals surface area contributed by atoms with Gasteiger partial charge in [-0.3, -0.25) is 9.52 Å². The van der Waals surface area contributed by atoms with E-state index in [2.05, 4.69) is 4.72 Å². The van der Waals surface area contributed by atoms with Crippen LogP contribution in [-0.4, -0.2) is 31.2 Å². The molecule has 2 rings (SSSR count). The van der Waals surface area contributed by atoms with Gasteiger partial charge in [0.15, 0.2) is 0 Å². The zero-order chi connectivity index (χ0) is 21.3. The van der Waals surface area contributed by atoms with Crippen LogP contribution in [0.2, 0.25) is 10.0 Å². The van der Waals surface area contributed by atoms with Gasteiger partial charge in [0.2, 0.25) is 5.60 Å². The molecule has 0 fully saturated rings. The first-order valence-electron chi connectivity index (χ1n) is 7.43. The monoisotopic (exact) mass is 456 g/mol. The summed E-state index contributed by atoms with van der Waals surface area (Å²) >= 11 is 11.7. The summed E-state index contributed by atoms with van der Waals surface area (Å²) in [5.41, 5.74) is -4.07. The van der Waals surface area contributed by atoms with Crippen molar-refractivity contribution in [1.29, 1.82) is 0 Å². The summed E-state index contributed by atoms with van der Waals surface area (Å²) in [6.45, 7) is 0.260. The number of anilines is 2. The Kier molecular flexibility index (Phi) is 6.19. The van der Waals surface area contributed by atoms with Gasteiger partial charge in [-0.1, -0.05) is 35.3 Å². The second-order valence-corrected chi connectivity index (χ2v) is 8.25. The minimum absolute atomic E-state index is 0.0738.